The molecule has 0 bridgehead atoms. The monoisotopic (exact) mass is 198 g/mol. The van der Waals surface area contributed by atoms with E-state index in [-0.39, 0.29) is 11.8 Å². The Balaban J connectivity index is 2.27. The highest BCUT2D eigenvalue weighted by molar-refractivity contribution is 5.78. The molecule has 82 valence electrons. The highest BCUT2D eigenvalue weighted by Gasteiger charge is 2.21. The minimum Gasteiger partial charge on any atom is -0.353 e. The second kappa shape index (κ2) is 5.35. The summed E-state index contributed by atoms with van der Waals surface area (Å²) in [5.41, 5.74) is 5.44. The van der Waals surface area contributed by atoms with Crippen LogP contribution in [0.15, 0.2) is 0 Å². The molecule has 0 aromatic carbocycles. The van der Waals surface area contributed by atoms with Crippen molar-refractivity contribution in [1.82, 2.24) is 5.32 Å². The number of nitrogens with one attached hydrogen (secondary N) is 1. The van der Waals surface area contributed by atoms with E-state index in [0.717, 1.165) is 18.8 Å². The summed E-state index contributed by atoms with van der Waals surface area (Å²) in [6, 6.07) is 0.396. The molecule has 3 heteroatoms. The summed E-state index contributed by atoms with van der Waals surface area (Å²) in [6.07, 6.45) is 4.73. The highest BCUT2D eigenvalue weighted by atomic mass is 16.1. The molecule has 0 heterocycles. The van der Waals surface area contributed by atoms with E-state index in [4.69, 9.17) is 5.73 Å². The van der Waals surface area contributed by atoms with Gasteiger partial charge in [-0.2, -0.15) is 0 Å². The van der Waals surface area contributed by atoms with E-state index in [2.05, 4.69) is 12.2 Å². The quantitative estimate of drug-likeness (QED) is 0.717. The molecule has 1 aliphatic carbocycles. The van der Waals surface area contributed by atoms with Gasteiger partial charge in [0.15, 0.2) is 0 Å². The van der Waals surface area contributed by atoms with Crippen molar-refractivity contribution in [1.29, 1.82) is 0 Å². The molecular weight excluding hydrogens is 176 g/mol. The van der Waals surface area contributed by atoms with Crippen molar-refractivity contribution in [3.8, 4) is 0 Å². The number of rotatable bonds is 3. The molecule has 14 heavy (non-hydrogen) atoms. The number of carbonyl (C=O) groups excluding carboxylic acids is 1. The van der Waals surface area contributed by atoms with Crippen molar-refractivity contribution in [3.05, 3.63) is 0 Å². The number of hydrogen-bond acceptors (Lipinski definition) is 2. The van der Waals surface area contributed by atoms with Crippen LogP contribution in [-0.2, 0) is 4.79 Å². The van der Waals surface area contributed by atoms with Gasteiger partial charge < -0.3 is 11.1 Å². The first-order chi connectivity index (χ1) is 6.63. The second-order valence-electron chi connectivity index (χ2n) is 4.60. The molecule has 0 spiro atoms. The van der Waals surface area contributed by atoms with Gasteiger partial charge in [0.25, 0.3) is 0 Å². The Kier molecular flexibility index (Phi) is 4.39. The van der Waals surface area contributed by atoms with Crippen molar-refractivity contribution in [2.24, 2.45) is 17.6 Å². The van der Waals surface area contributed by atoms with Gasteiger partial charge in [-0.1, -0.05) is 13.8 Å². The van der Waals surface area contributed by atoms with Gasteiger partial charge in [0.05, 0.1) is 0 Å². The lowest BCUT2D eigenvalue weighted by atomic mass is 9.87. The smallest absolute Gasteiger partial charge is 0.224 e. The third-order valence-electron chi connectivity index (χ3n) is 3.16. The maximum atomic E-state index is 11.5. The van der Waals surface area contributed by atoms with E-state index in [1.165, 1.54) is 12.8 Å². The zero-order valence-corrected chi connectivity index (χ0v) is 9.25. The molecule has 0 aromatic rings. The lowest BCUT2D eigenvalue weighted by Gasteiger charge is -2.27. The fourth-order valence-electron chi connectivity index (χ4n) is 1.85. The zero-order chi connectivity index (χ0) is 10.6. The van der Waals surface area contributed by atoms with Crippen LogP contribution in [0.2, 0.25) is 0 Å². The largest absolute Gasteiger partial charge is 0.353 e. The summed E-state index contributed by atoms with van der Waals surface area (Å²) in [4.78, 5) is 11.5. The van der Waals surface area contributed by atoms with Crippen molar-refractivity contribution in [3.63, 3.8) is 0 Å². The summed E-state index contributed by atoms with van der Waals surface area (Å²) < 4.78 is 0. The Hall–Kier alpha value is -0.570. The molecule has 0 radical (unpaired) electrons. The summed E-state index contributed by atoms with van der Waals surface area (Å²) in [6.45, 7) is 4.59. The highest BCUT2D eigenvalue weighted by Crippen LogP contribution is 2.23. The van der Waals surface area contributed by atoms with E-state index in [1.807, 2.05) is 6.92 Å². The van der Waals surface area contributed by atoms with Crippen molar-refractivity contribution >= 4 is 5.91 Å². The average Bonchev–Trinajstić information content (AvgIpc) is 2.20. The third kappa shape index (κ3) is 3.29. The first-order valence-electron chi connectivity index (χ1n) is 5.64. The molecular formula is C11H22N2O. The summed E-state index contributed by atoms with van der Waals surface area (Å²) in [5, 5.41) is 3.07. The first-order valence-corrected chi connectivity index (χ1v) is 5.64. The number of carbonyl (C=O) groups is 1. The van der Waals surface area contributed by atoms with Gasteiger partial charge in [-0.05, 0) is 31.6 Å². The predicted octanol–water partition coefficient (Wildman–Crippen LogP) is 1.28. The van der Waals surface area contributed by atoms with E-state index >= 15 is 0 Å². The standard InChI is InChI=1S/C11H22N2O/c1-8-3-5-10(6-4-8)13-11(14)9(2)7-12/h8-10H,3-7,12H2,1-2H3,(H,13,14). The molecule has 0 aromatic heterocycles. The minimum atomic E-state index is -0.0469. The van der Waals surface area contributed by atoms with E-state index in [1.54, 1.807) is 0 Å². The molecule has 1 fully saturated rings. The van der Waals surface area contributed by atoms with Gasteiger partial charge in [-0.3, -0.25) is 4.79 Å². The normalized spacial score (nSPS) is 29.6. The van der Waals surface area contributed by atoms with Gasteiger partial charge in [-0.15, -0.1) is 0 Å². The summed E-state index contributed by atoms with van der Waals surface area (Å²) in [7, 11) is 0. The number of hydrogen-bond donors (Lipinski definition) is 2. The van der Waals surface area contributed by atoms with Gasteiger partial charge in [0.2, 0.25) is 5.91 Å². The van der Waals surface area contributed by atoms with Gasteiger partial charge in [0, 0.05) is 18.5 Å². The second-order valence-corrected chi connectivity index (χ2v) is 4.60. The molecule has 1 atom stereocenters. The van der Waals surface area contributed by atoms with Crippen LogP contribution >= 0.6 is 0 Å². The van der Waals surface area contributed by atoms with E-state index in [0.29, 0.717) is 12.6 Å². The van der Waals surface area contributed by atoms with E-state index < -0.39 is 0 Å². The Morgan fingerprint density at radius 1 is 1.43 bits per heavy atom. The molecule has 0 saturated heterocycles. The lowest BCUT2D eigenvalue weighted by Crippen LogP contribution is -2.41. The predicted molar refractivity (Wildman–Crippen MR) is 57.8 cm³/mol. The first kappa shape index (κ1) is 11.5. The average molecular weight is 198 g/mol. The molecule has 3 N–H and O–H groups in total. The summed E-state index contributed by atoms with van der Waals surface area (Å²) in [5.74, 6) is 0.900. The van der Waals surface area contributed by atoms with Crippen LogP contribution in [0.4, 0.5) is 0 Å². The Morgan fingerprint density at radius 2 is 2.00 bits per heavy atom. The maximum absolute atomic E-state index is 11.5. The molecule has 3 nitrogen and oxygen atoms in total. The molecule has 1 unspecified atom stereocenters. The molecule has 0 aliphatic heterocycles. The fraction of sp³-hybridized carbons (Fsp3) is 0.909. The fourth-order valence-corrected chi connectivity index (χ4v) is 1.85. The van der Waals surface area contributed by atoms with E-state index in [9.17, 15) is 4.79 Å². The Labute approximate surface area is 86.4 Å². The number of amides is 1. The van der Waals surface area contributed by atoms with Crippen LogP contribution in [0, 0.1) is 11.8 Å². The van der Waals surface area contributed by atoms with Crippen LogP contribution in [0.25, 0.3) is 0 Å². The lowest BCUT2D eigenvalue weighted by molar-refractivity contribution is -0.125. The van der Waals surface area contributed by atoms with Crippen molar-refractivity contribution in [2.75, 3.05) is 6.54 Å². The van der Waals surface area contributed by atoms with Crippen LogP contribution < -0.4 is 11.1 Å². The van der Waals surface area contributed by atoms with Crippen molar-refractivity contribution in [2.45, 2.75) is 45.6 Å². The number of nitrogens with two attached hydrogens (primary N) is 1. The molecule has 1 aliphatic rings. The Bertz CT molecular complexity index is 186. The van der Waals surface area contributed by atoms with Gasteiger partial charge >= 0.3 is 0 Å². The van der Waals surface area contributed by atoms with Crippen LogP contribution in [0.1, 0.15) is 39.5 Å². The maximum Gasteiger partial charge on any atom is 0.224 e. The zero-order valence-electron chi connectivity index (χ0n) is 9.25. The summed E-state index contributed by atoms with van der Waals surface area (Å²) >= 11 is 0. The SMILES string of the molecule is CC1CCC(NC(=O)C(C)CN)CC1. The Morgan fingerprint density at radius 3 is 2.50 bits per heavy atom. The van der Waals surface area contributed by atoms with Gasteiger partial charge in [-0.25, -0.2) is 0 Å². The minimum absolute atomic E-state index is 0.0469. The van der Waals surface area contributed by atoms with Crippen molar-refractivity contribution < 1.29 is 4.79 Å². The molecule has 1 rings (SSSR count). The van der Waals surface area contributed by atoms with Crippen LogP contribution in [0.3, 0.4) is 0 Å². The van der Waals surface area contributed by atoms with Crippen LogP contribution in [0.5, 0.6) is 0 Å². The van der Waals surface area contributed by atoms with Crippen LogP contribution in [-0.4, -0.2) is 18.5 Å². The molecule has 1 saturated carbocycles. The topological polar surface area (TPSA) is 55.1 Å². The van der Waals surface area contributed by atoms with Gasteiger partial charge in [0.1, 0.15) is 0 Å². The molecule has 1 amide bonds. The third-order valence-corrected chi connectivity index (χ3v) is 3.16.